The SMILES string of the molecule is C=C/C(C#Cc1cnc2[nH]ccc2c1C1=CCC(C#N)CC1)=C\N(C)C. The third-order valence-electron chi connectivity index (χ3n) is 4.46. The molecule has 2 aromatic heterocycles. The highest BCUT2D eigenvalue weighted by Gasteiger charge is 2.19. The van der Waals surface area contributed by atoms with Gasteiger partial charge < -0.3 is 9.88 Å². The van der Waals surface area contributed by atoms with Crippen molar-refractivity contribution in [2.45, 2.75) is 19.3 Å². The molecule has 4 heteroatoms. The van der Waals surface area contributed by atoms with Crippen molar-refractivity contribution in [3.05, 3.63) is 60.1 Å². The molecule has 1 aliphatic carbocycles. The topological polar surface area (TPSA) is 55.7 Å². The minimum atomic E-state index is 0.118. The van der Waals surface area contributed by atoms with Crippen molar-refractivity contribution >= 4 is 16.6 Å². The molecule has 1 N–H and O–H groups in total. The Morgan fingerprint density at radius 2 is 2.31 bits per heavy atom. The van der Waals surface area contributed by atoms with Crippen LogP contribution in [0.5, 0.6) is 0 Å². The Morgan fingerprint density at radius 3 is 2.96 bits per heavy atom. The summed E-state index contributed by atoms with van der Waals surface area (Å²) in [7, 11) is 3.92. The first-order valence-electron chi connectivity index (χ1n) is 8.70. The fourth-order valence-electron chi connectivity index (χ4n) is 3.18. The van der Waals surface area contributed by atoms with Gasteiger partial charge in [-0.05, 0) is 30.9 Å². The van der Waals surface area contributed by atoms with Crippen molar-refractivity contribution in [3.63, 3.8) is 0 Å². The molecule has 0 aliphatic heterocycles. The second kappa shape index (κ2) is 7.76. The number of hydrogen-bond acceptors (Lipinski definition) is 3. The van der Waals surface area contributed by atoms with Crippen molar-refractivity contribution < 1.29 is 0 Å². The van der Waals surface area contributed by atoms with Crippen LogP contribution in [0.1, 0.15) is 30.4 Å². The zero-order chi connectivity index (χ0) is 18.5. The van der Waals surface area contributed by atoms with Crippen LogP contribution in [-0.4, -0.2) is 29.0 Å². The Kier molecular flexibility index (Phi) is 5.25. The Morgan fingerprint density at radius 1 is 1.46 bits per heavy atom. The molecule has 0 bridgehead atoms. The number of nitriles is 1. The highest BCUT2D eigenvalue weighted by molar-refractivity contribution is 5.93. The number of nitrogens with one attached hydrogen (secondary N) is 1. The Labute approximate surface area is 154 Å². The number of fused-ring (bicyclic) bond motifs is 1. The smallest absolute Gasteiger partial charge is 0.137 e. The van der Waals surface area contributed by atoms with E-state index in [0.29, 0.717) is 0 Å². The summed E-state index contributed by atoms with van der Waals surface area (Å²) in [4.78, 5) is 9.62. The van der Waals surface area contributed by atoms with Gasteiger partial charge in [-0.1, -0.05) is 30.6 Å². The number of rotatable bonds is 3. The van der Waals surface area contributed by atoms with Gasteiger partial charge in [0.25, 0.3) is 0 Å². The van der Waals surface area contributed by atoms with Gasteiger partial charge >= 0.3 is 0 Å². The highest BCUT2D eigenvalue weighted by atomic mass is 15.0. The summed E-state index contributed by atoms with van der Waals surface area (Å²) in [5, 5.41) is 10.2. The third-order valence-corrected chi connectivity index (χ3v) is 4.46. The minimum absolute atomic E-state index is 0.118. The lowest BCUT2D eigenvalue weighted by atomic mass is 9.85. The van der Waals surface area contributed by atoms with Crippen LogP contribution in [0.2, 0.25) is 0 Å². The largest absolute Gasteiger partial charge is 0.382 e. The summed E-state index contributed by atoms with van der Waals surface area (Å²) in [5.74, 6) is 6.59. The van der Waals surface area contributed by atoms with Gasteiger partial charge in [0.1, 0.15) is 5.65 Å². The van der Waals surface area contributed by atoms with E-state index >= 15 is 0 Å². The van der Waals surface area contributed by atoms with Crippen LogP contribution in [-0.2, 0) is 0 Å². The van der Waals surface area contributed by atoms with Crippen LogP contribution in [0.25, 0.3) is 16.6 Å². The Balaban J connectivity index is 2.09. The van der Waals surface area contributed by atoms with E-state index < -0.39 is 0 Å². The second-order valence-corrected chi connectivity index (χ2v) is 6.62. The number of pyridine rings is 1. The van der Waals surface area contributed by atoms with Crippen molar-refractivity contribution in [3.8, 4) is 17.9 Å². The van der Waals surface area contributed by atoms with Crippen LogP contribution in [0, 0.1) is 29.1 Å². The first-order chi connectivity index (χ1) is 12.6. The van der Waals surface area contributed by atoms with Gasteiger partial charge in [-0.15, -0.1) is 0 Å². The molecule has 26 heavy (non-hydrogen) atoms. The van der Waals surface area contributed by atoms with Gasteiger partial charge in [-0.2, -0.15) is 5.26 Å². The van der Waals surface area contributed by atoms with E-state index in [1.165, 1.54) is 5.57 Å². The molecule has 0 saturated heterocycles. The average molecular weight is 342 g/mol. The number of H-pyrrole nitrogens is 1. The molecule has 4 nitrogen and oxygen atoms in total. The van der Waals surface area contributed by atoms with E-state index in [2.05, 4.69) is 40.5 Å². The van der Waals surface area contributed by atoms with E-state index in [0.717, 1.165) is 47.0 Å². The van der Waals surface area contributed by atoms with E-state index in [9.17, 15) is 0 Å². The summed E-state index contributed by atoms with van der Waals surface area (Å²) in [6.07, 6.45) is 12.2. The standard InChI is InChI=1S/C22H22N4/c1-4-16(15-26(2)3)5-10-19-14-25-22-20(11-12-24-22)21(19)18-8-6-17(13-23)7-9-18/h4,8,11-12,14-15,17H,1,6-7,9H2,2-3H3,(H,24,25)/b16-15+. The monoisotopic (exact) mass is 342 g/mol. The fourth-order valence-corrected chi connectivity index (χ4v) is 3.18. The molecule has 0 radical (unpaired) electrons. The van der Waals surface area contributed by atoms with Crippen molar-refractivity contribution in [2.24, 2.45) is 5.92 Å². The minimum Gasteiger partial charge on any atom is -0.382 e. The van der Waals surface area contributed by atoms with Crippen molar-refractivity contribution in [2.75, 3.05) is 14.1 Å². The average Bonchev–Trinajstić information content (AvgIpc) is 3.13. The normalized spacial score (nSPS) is 17.0. The number of aromatic amines is 1. The quantitative estimate of drug-likeness (QED) is 0.670. The van der Waals surface area contributed by atoms with Gasteiger partial charge in [0.2, 0.25) is 0 Å². The van der Waals surface area contributed by atoms with Crippen LogP contribution in [0.4, 0.5) is 0 Å². The molecule has 0 saturated carbocycles. The van der Waals surface area contributed by atoms with Crippen molar-refractivity contribution in [1.82, 2.24) is 14.9 Å². The molecule has 1 unspecified atom stereocenters. The van der Waals surface area contributed by atoms with Gasteiger partial charge in [-0.3, -0.25) is 0 Å². The van der Waals surface area contributed by atoms with Crippen LogP contribution >= 0.6 is 0 Å². The van der Waals surface area contributed by atoms with E-state index in [-0.39, 0.29) is 5.92 Å². The predicted octanol–water partition coefficient (Wildman–Crippen LogP) is 4.25. The molecule has 1 aliphatic rings. The lowest BCUT2D eigenvalue weighted by Gasteiger charge is -2.18. The molecular weight excluding hydrogens is 320 g/mol. The second-order valence-electron chi connectivity index (χ2n) is 6.62. The first-order valence-corrected chi connectivity index (χ1v) is 8.70. The molecule has 0 amide bonds. The lowest BCUT2D eigenvalue weighted by molar-refractivity contribution is 0.562. The summed E-state index contributed by atoms with van der Waals surface area (Å²) in [6.45, 7) is 3.84. The highest BCUT2D eigenvalue weighted by Crippen LogP contribution is 2.35. The van der Waals surface area contributed by atoms with E-state index in [4.69, 9.17) is 5.26 Å². The lowest BCUT2D eigenvalue weighted by Crippen LogP contribution is -2.04. The number of hydrogen-bond donors (Lipinski definition) is 1. The Hall–Kier alpha value is -3.24. The zero-order valence-electron chi connectivity index (χ0n) is 15.2. The Bertz CT molecular complexity index is 987. The molecule has 0 fully saturated rings. The maximum atomic E-state index is 9.15. The fraction of sp³-hybridized carbons (Fsp3) is 0.273. The molecule has 3 rings (SSSR count). The summed E-state index contributed by atoms with van der Waals surface area (Å²) in [6, 6.07) is 4.42. The van der Waals surface area contributed by atoms with Crippen LogP contribution in [0.3, 0.4) is 0 Å². The number of allylic oxidation sites excluding steroid dienone is 4. The van der Waals surface area contributed by atoms with Gasteiger partial charge in [0.15, 0.2) is 0 Å². The van der Waals surface area contributed by atoms with Crippen molar-refractivity contribution in [1.29, 1.82) is 5.26 Å². The van der Waals surface area contributed by atoms with E-state index in [1.807, 2.05) is 43.7 Å². The molecule has 2 aromatic rings. The number of aromatic nitrogens is 2. The van der Waals surface area contributed by atoms with Crippen LogP contribution in [0.15, 0.2) is 49.0 Å². The van der Waals surface area contributed by atoms with Gasteiger partial charge in [-0.25, -0.2) is 4.98 Å². The van der Waals surface area contributed by atoms with Gasteiger partial charge in [0, 0.05) is 49.2 Å². The molecule has 0 aromatic carbocycles. The molecule has 1 atom stereocenters. The predicted molar refractivity (Wildman–Crippen MR) is 106 cm³/mol. The third kappa shape index (κ3) is 3.71. The summed E-state index contributed by atoms with van der Waals surface area (Å²) < 4.78 is 0. The zero-order valence-corrected chi connectivity index (χ0v) is 15.2. The molecule has 0 spiro atoms. The van der Waals surface area contributed by atoms with Crippen LogP contribution < -0.4 is 0 Å². The molecular formula is C22H22N4. The summed E-state index contributed by atoms with van der Waals surface area (Å²) in [5.41, 5.74) is 5.02. The molecule has 130 valence electrons. The van der Waals surface area contributed by atoms with E-state index in [1.54, 1.807) is 6.08 Å². The van der Waals surface area contributed by atoms with Gasteiger partial charge in [0.05, 0.1) is 17.6 Å². The maximum Gasteiger partial charge on any atom is 0.137 e. The number of nitrogens with zero attached hydrogens (tertiary/aromatic N) is 3. The first kappa shape index (κ1) is 17.6. The molecule has 2 heterocycles. The summed E-state index contributed by atoms with van der Waals surface area (Å²) >= 11 is 0. The maximum absolute atomic E-state index is 9.15.